The van der Waals surface area contributed by atoms with E-state index >= 15 is 0 Å². The van der Waals surface area contributed by atoms with Crippen LogP contribution in [0.4, 0.5) is 4.39 Å². The average Bonchev–Trinajstić information content (AvgIpc) is 3.09. The zero-order valence-corrected chi connectivity index (χ0v) is 14.0. The molecule has 2 aromatic heterocycles. The smallest absolute Gasteiger partial charge is 0.123 e. The van der Waals surface area contributed by atoms with E-state index in [4.69, 9.17) is 11.6 Å². The summed E-state index contributed by atoms with van der Waals surface area (Å²) < 4.78 is 13.3. The summed E-state index contributed by atoms with van der Waals surface area (Å²) in [6.07, 6.45) is 1.76. The highest BCUT2D eigenvalue weighted by Gasteiger charge is 2.14. The highest BCUT2D eigenvalue weighted by atomic mass is 35.5. The van der Waals surface area contributed by atoms with E-state index in [9.17, 15) is 4.39 Å². The Morgan fingerprint density at radius 2 is 1.56 bits per heavy atom. The lowest BCUT2D eigenvalue weighted by Gasteiger charge is -2.04. The highest BCUT2D eigenvalue weighted by molar-refractivity contribution is 6.30. The van der Waals surface area contributed by atoms with E-state index in [2.05, 4.69) is 16.0 Å². The Labute approximate surface area is 150 Å². The second-order valence-electron chi connectivity index (χ2n) is 5.70. The minimum Gasteiger partial charge on any atom is -0.354 e. The molecule has 0 aliphatic rings. The fourth-order valence-electron chi connectivity index (χ4n) is 2.81. The number of nitrogens with zero attached hydrogens (tertiary/aromatic N) is 1. The largest absolute Gasteiger partial charge is 0.354 e. The van der Waals surface area contributed by atoms with E-state index in [0.717, 1.165) is 33.8 Å². The van der Waals surface area contributed by atoms with E-state index in [-0.39, 0.29) is 5.82 Å². The molecule has 1 N–H and O–H groups in total. The first-order chi connectivity index (χ1) is 12.2. The lowest BCUT2D eigenvalue weighted by molar-refractivity contribution is 0.628. The van der Waals surface area contributed by atoms with Crippen LogP contribution in [0.5, 0.6) is 0 Å². The molecule has 25 heavy (non-hydrogen) atoms. The van der Waals surface area contributed by atoms with Crippen LogP contribution >= 0.6 is 11.6 Å². The molecular formula is C21H14ClFN2. The van der Waals surface area contributed by atoms with Crippen LogP contribution in [0.3, 0.4) is 0 Å². The van der Waals surface area contributed by atoms with Crippen molar-refractivity contribution in [2.75, 3.05) is 0 Å². The standard InChI is InChI=1S/C21H14ClFN2/c22-16-8-4-14(5-9-16)20-13-18(19-3-1-2-12-24-19)21(25-20)15-6-10-17(23)11-7-15/h1-13,25H. The summed E-state index contributed by atoms with van der Waals surface area (Å²) in [5.74, 6) is -0.257. The van der Waals surface area contributed by atoms with Gasteiger partial charge in [0.2, 0.25) is 0 Å². The molecule has 0 aliphatic carbocycles. The predicted molar refractivity (Wildman–Crippen MR) is 99.9 cm³/mol. The van der Waals surface area contributed by atoms with Gasteiger partial charge in [0.05, 0.1) is 11.4 Å². The molecule has 0 saturated heterocycles. The summed E-state index contributed by atoms with van der Waals surface area (Å²) in [4.78, 5) is 7.90. The minimum absolute atomic E-state index is 0.257. The van der Waals surface area contributed by atoms with Gasteiger partial charge in [-0.25, -0.2) is 4.39 Å². The number of pyridine rings is 1. The average molecular weight is 349 g/mol. The van der Waals surface area contributed by atoms with Gasteiger partial charge < -0.3 is 4.98 Å². The molecule has 0 fully saturated rings. The Hall–Kier alpha value is -2.91. The first-order valence-corrected chi connectivity index (χ1v) is 8.25. The van der Waals surface area contributed by atoms with Crippen LogP contribution in [0.25, 0.3) is 33.8 Å². The number of aromatic nitrogens is 2. The van der Waals surface area contributed by atoms with Crippen molar-refractivity contribution >= 4 is 11.6 Å². The monoisotopic (exact) mass is 348 g/mol. The molecule has 0 aliphatic heterocycles. The van der Waals surface area contributed by atoms with Gasteiger partial charge in [-0.15, -0.1) is 0 Å². The van der Waals surface area contributed by atoms with Gasteiger partial charge in [0.1, 0.15) is 5.82 Å². The number of hydrogen-bond acceptors (Lipinski definition) is 1. The maximum Gasteiger partial charge on any atom is 0.123 e. The van der Waals surface area contributed by atoms with Crippen molar-refractivity contribution in [3.63, 3.8) is 0 Å². The lowest BCUT2D eigenvalue weighted by atomic mass is 10.0. The lowest BCUT2D eigenvalue weighted by Crippen LogP contribution is -1.85. The van der Waals surface area contributed by atoms with Crippen LogP contribution in [-0.4, -0.2) is 9.97 Å². The van der Waals surface area contributed by atoms with E-state index in [1.165, 1.54) is 12.1 Å². The van der Waals surface area contributed by atoms with Gasteiger partial charge in [-0.1, -0.05) is 29.8 Å². The molecule has 4 aromatic rings. The summed E-state index contributed by atoms with van der Waals surface area (Å²) >= 11 is 5.99. The van der Waals surface area contributed by atoms with Gasteiger partial charge in [-0.2, -0.15) is 0 Å². The summed E-state index contributed by atoms with van der Waals surface area (Å²) in [6.45, 7) is 0. The quantitative estimate of drug-likeness (QED) is 0.469. The van der Waals surface area contributed by atoms with Gasteiger partial charge in [-0.05, 0) is 65.7 Å². The van der Waals surface area contributed by atoms with Crippen LogP contribution in [-0.2, 0) is 0 Å². The first-order valence-electron chi connectivity index (χ1n) is 7.87. The molecule has 0 atom stereocenters. The van der Waals surface area contributed by atoms with Crippen LogP contribution in [0.15, 0.2) is 79.0 Å². The molecule has 0 radical (unpaired) electrons. The topological polar surface area (TPSA) is 28.7 Å². The van der Waals surface area contributed by atoms with Crippen molar-refractivity contribution in [3.05, 3.63) is 89.8 Å². The van der Waals surface area contributed by atoms with Crippen molar-refractivity contribution < 1.29 is 4.39 Å². The van der Waals surface area contributed by atoms with Gasteiger partial charge in [0.15, 0.2) is 0 Å². The van der Waals surface area contributed by atoms with E-state index in [0.29, 0.717) is 5.02 Å². The van der Waals surface area contributed by atoms with Gasteiger partial charge in [0.25, 0.3) is 0 Å². The third kappa shape index (κ3) is 3.19. The van der Waals surface area contributed by atoms with Crippen molar-refractivity contribution in [1.29, 1.82) is 0 Å². The Balaban J connectivity index is 1.89. The normalized spacial score (nSPS) is 10.8. The van der Waals surface area contributed by atoms with Crippen LogP contribution in [0.1, 0.15) is 0 Å². The Kier molecular flexibility index (Phi) is 4.08. The number of aromatic amines is 1. The fourth-order valence-corrected chi connectivity index (χ4v) is 2.93. The molecule has 4 heteroatoms. The molecule has 2 nitrogen and oxygen atoms in total. The van der Waals surface area contributed by atoms with Crippen molar-refractivity contribution in [2.45, 2.75) is 0 Å². The summed E-state index contributed by atoms with van der Waals surface area (Å²) in [5, 5.41) is 0.694. The predicted octanol–water partition coefficient (Wildman–Crippen LogP) is 6.20. The number of hydrogen-bond donors (Lipinski definition) is 1. The second-order valence-corrected chi connectivity index (χ2v) is 6.14. The maximum atomic E-state index is 13.3. The van der Waals surface area contributed by atoms with Gasteiger partial charge in [0, 0.05) is 22.5 Å². The second kappa shape index (κ2) is 6.54. The van der Waals surface area contributed by atoms with Crippen LogP contribution in [0, 0.1) is 5.82 Å². The zero-order valence-electron chi connectivity index (χ0n) is 13.2. The van der Waals surface area contributed by atoms with Crippen LogP contribution < -0.4 is 0 Å². The van der Waals surface area contributed by atoms with E-state index in [1.807, 2.05) is 42.5 Å². The molecule has 2 heterocycles. The third-order valence-corrected chi connectivity index (χ3v) is 4.30. The Morgan fingerprint density at radius 1 is 0.840 bits per heavy atom. The molecule has 0 unspecified atom stereocenters. The number of halogens is 2. The molecule has 2 aromatic carbocycles. The van der Waals surface area contributed by atoms with Gasteiger partial charge in [-0.3, -0.25) is 4.98 Å². The number of benzene rings is 2. The Morgan fingerprint density at radius 3 is 2.24 bits per heavy atom. The van der Waals surface area contributed by atoms with E-state index in [1.54, 1.807) is 18.3 Å². The minimum atomic E-state index is -0.257. The first kappa shape index (κ1) is 15.6. The highest BCUT2D eigenvalue weighted by Crippen LogP contribution is 2.35. The fraction of sp³-hybridized carbons (Fsp3) is 0. The van der Waals surface area contributed by atoms with Crippen molar-refractivity contribution in [1.82, 2.24) is 9.97 Å². The number of nitrogens with one attached hydrogen (secondary N) is 1. The number of rotatable bonds is 3. The summed E-state index contributed by atoms with van der Waals surface area (Å²) in [5.41, 5.74) is 5.62. The van der Waals surface area contributed by atoms with Gasteiger partial charge >= 0.3 is 0 Å². The molecule has 0 amide bonds. The zero-order chi connectivity index (χ0) is 17.2. The maximum absolute atomic E-state index is 13.3. The SMILES string of the molecule is Fc1ccc(-c2[nH]c(-c3ccc(Cl)cc3)cc2-c2ccccn2)cc1. The molecule has 0 spiro atoms. The molecule has 4 rings (SSSR count). The summed E-state index contributed by atoms with van der Waals surface area (Å²) in [6, 6.07) is 21.9. The van der Waals surface area contributed by atoms with Crippen molar-refractivity contribution in [2.24, 2.45) is 0 Å². The molecule has 0 bridgehead atoms. The van der Waals surface area contributed by atoms with Crippen molar-refractivity contribution in [3.8, 4) is 33.8 Å². The Bertz CT molecular complexity index is 991. The molecule has 122 valence electrons. The van der Waals surface area contributed by atoms with Crippen LogP contribution in [0.2, 0.25) is 5.02 Å². The number of H-pyrrole nitrogens is 1. The third-order valence-electron chi connectivity index (χ3n) is 4.05. The molecular weight excluding hydrogens is 335 g/mol. The molecule has 0 saturated carbocycles. The van der Waals surface area contributed by atoms with E-state index < -0.39 is 0 Å². The summed E-state index contributed by atoms with van der Waals surface area (Å²) in [7, 11) is 0.